The molecule has 0 aromatic rings. The Morgan fingerprint density at radius 2 is 1.44 bits per heavy atom. The third-order valence-corrected chi connectivity index (χ3v) is 6.75. The Morgan fingerprint density at radius 3 is 1.94 bits per heavy atom. The minimum absolute atomic E-state index is 0.494. The topological polar surface area (TPSA) is 0 Å². The maximum absolute atomic E-state index is 2.66. The fourth-order valence-electron chi connectivity index (χ4n) is 2.17. The first-order valence-electron chi connectivity index (χ1n) is 6.96. The molecule has 0 saturated carbocycles. The highest BCUT2D eigenvalue weighted by molar-refractivity contribution is 14.2. The van der Waals surface area contributed by atoms with Crippen LogP contribution in [0.5, 0.6) is 0 Å². The number of hydrogen-bond donors (Lipinski definition) is 0. The largest absolute Gasteiger partial charge is 0.0760 e. The van der Waals surface area contributed by atoms with E-state index in [4.69, 9.17) is 0 Å². The molecule has 1 atom stereocenters. The number of hydrogen-bond acceptors (Lipinski definition) is 0. The zero-order chi connectivity index (χ0) is 12.4. The molecular formula is C14H28I2. The number of unbranched alkanes of at least 4 members (excludes halogenated alkanes) is 5. The van der Waals surface area contributed by atoms with Gasteiger partial charge in [-0.25, -0.2) is 0 Å². The molecule has 0 aliphatic carbocycles. The predicted molar refractivity (Wildman–Crippen MR) is 92.8 cm³/mol. The summed E-state index contributed by atoms with van der Waals surface area (Å²) in [5.74, 6) is 0.907. The Labute approximate surface area is 130 Å². The van der Waals surface area contributed by atoms with E-state index < -0.39 is 0 Å². The van der Waals surface area contributed by atoms with Crippen LogP contribution in [-0.4, -0.2) is 1.43 Å². The van der Waals surface area contributed by atoms with Gasteiger partial charge in [0.1, 0.15) is 0 Å². The normalized spacial score (nSPS) is 14.1. The van der Waals surface area contributed by atoms with Gasteiger partial charge in [0.25, 0.3) is 0 Å². The van der Waals surface area contributed by atoms with Crippen LogP contribution in [0.15, 0.2) is 0 Å². The third-order valence-electron chi connectivity index (χ3n) is 3.47. The van der Waals surface area contributed by atoms with Crippen LogP contribution in [0, 0.1) is 5.92 Å². The van der Waals surface area contributed by atoms with Crippen molar-refractivity contribution in [1.29, 1.82) is 0 Å². The van der Waals surface area contributed by atoms with Gasteiger partial charge in [-0.3, -0.25) is 0 Å². The van der Waals surface area contributed by atoms with E-state index in [1.807, 2.05) is 0 Å². The second kappa shape index (κ2) is 10.4. The van der Waals surface area contributed by atoms with Crippen molar-refractivity contribution in [1.82, 2.24) is 0 Å². The fraction of sp³-hybridized carbons (Fsp3) is 1.00. The lowest BCUT2D eigenvalue weighted by Crippen LogP contribution is -2.22. The maximum atomic E-state index is 2.66. The molecule has 0 N–H and O–H groups in total. The molecule has 98 valence electrons. The molecule has 0 aromatic carbocycles. The standard InChI is InChI=1S/C14H28I2/c1-4-7-8-9-10-11-12-13(5-2)14(15,16)6-3/h13H,4-12H2,1-3H3. The summed E-state index contributed by atoms with van der Waals surface area (Å²) >= 11 is 5.33. The third kappa shape index (κ3) is 7.72. The average Bonchev–Trinajstić information content (AvgIpc) is 2.28. The molecule has 0 amide bonds. The summed E-state index contributed by atoms with van der Waals surface area (Å²) in [4.78, 5) is 0. The second-order valence-electron chi connectivity index (χ2n) is 4.78. The van der Waals surface area contributed by atoms with E-state index in [9.17, 15) is 0 Å². The highest BCUT2D eigenvalue weighted by atomic mass is 127. The van der Waals surface area contributed by atoms with Gasteiger partial charge >= 0.3 is 0 Å². The molecule has 0 aliphatic rings. The van der Waals surface area contributed by atoms with E-state index in [0.717, 1.165) is 5.92 Å². The minimum atomic E-state index is 0.494. The quantitative estimate of drug-likeness (QED) is 0.197. The van der Waals surface area contributed by atoms with Crippen molar-refractivity contribution in [2.45, 2.75) is 80.0 Å². The lowest BCUT2D eigenvalue weighted by atomic mass is 9.93. The molecule has 0 bridgehead atoms. The number of halogens is 2. The Morgan fingerprint density at radius 1 is 0.875 bits per heavy atom. The highest BCUT2D eigenvalue weighted by Crippen LogP contribution is 2.43. The summed E-state index contributed by atoms with van der Waals surface area (Å²) in [5.41, 5.74) is 0. The molecule has 1 unspecified atom stereocenters. The van der Waals surface area contributed by atoms with Gasteiger partial charge in [0.05, 0.1) is 1.43 Å². The molecule has 0 fully saturated rings. The van der Waals surface area contributed by atoms with Crippen molar-refractivity contribution in [2.24, 2.45) is 5.92 Å². The summed E-state index contributed by atoms with van der Waals surface area (Å²) in [5, 5.41) is 0. The second-order valence-corrected chi connectivity index (χ2v) is 10.7. The minimum Gasteiger partial charge on any atom is -0.0669 e. The molecule has 0 rings (SSSR count). The molecule has 0 radical (unpaired) electrons. The van der Waals surface area contributed by atoms with Crippen LogP contribution in [0.25, 0.3) is 0 Å². The van der Waals surface area contributed by atoms with Gasteiger partial charge in [-0.15, -0.1) is 0 Å². The van der Waals surface area contributed by atoms with Crippen molar-refractivity contribution >= 4 is 45.2 Å². The van der Waals surface area contributed by atoms with Crippen molar-refractivity contribution in [3.8, 4) is 0 Å². The predicted octanol–water partition coefficient (Wildman–Crippen LogP) is 6.74. The Hall–Kier alpha value is 1.46. The maximum Gasteiger partial charge on any atom is 0.0760 e. The Balaban J connectivity index is 3.64. The molecule has 0 saturated heterocycles. The van der Waals surface area contributed by atoms with E-state index in [0.29, 0.717) is 1.43 Å². The first-order chi connectivity index (χ1) is 7.58. The number of alkyl halides is 2. The van der Waals surface area contributed by atoms with E-state index in [-0.39, 0.29) is 0 Å². The summed E-state index contributed by atoms with van der Waals surface area (Å²) < 4.78 is 0.494. The van der Waals surface area contributed by atoms with Gasteiger partial charge in [-0.05, 0) is 18.8 Å². The highest BCUT2D eigenvalue weighted by Gasteiger charge is 2.29. The van der Waals surface area contributed by atoms with Crippen LogP contribution in [0.3, 0.4) is 0 Å². The zero-order valence-electron chi connectivity index (χ0n) is 11.2. The molecule has 0 nitrogen and oxygen atoms in total. The first kappa shape index (κ1) is 17.5. The zero-order valence-corrected chi connectivity index (χ0v) is 15.5. The van der Waals surface area contributed by atoms with Crippen LogP contribution in [0.2, 0.25) is 0 Å². The van der Waals surface area contributed by atoms with Crippen molar-refractivity contribution in [3.63, 3.8) is 0 Å². The van der Waals surface area contributed by atoms with Crippen LogP contribution in [0.1, 0.15) is 78.6 Å². The Bertz CT molecular complexity index is 155. The number of rotatable bonds is 10. The fourth-order valence-corrected chi connectivity index (χ4v) is 3.68. The average molecular weight is 450 g/mol. The van der Waals surface area contributed by atoms with Gasteiger partial charge in [0.2, 0.25) is 0 Å². The van der Waals surface area contributed by atoms with Crippen molar-refractivity contribution in [2.75, 3.05) is 0 Å². The van der Waals surface area contributed by atoms with Crippen LogP contribution in [0.4, 0.5) is 0 Å². The smallest absolute Gasteiger partial charge is 0.0669 e. The SMILES string of the molecule is CCCCCCCCC(CC)C(I)(I)CC. The summed E-state index contributed by atoms with van der Waals surface area (Å²) in [6, 6.07) is 0. The van der Waals surface area contributed by atoms with E-state index >= 15 is 0 Å². The van der Waals surface area contributed by atoms with Crippen LogP contribution < -0.4 is 0 Å². The molecule has 0 aromatic heterocycles. The molecule has 0 spiro atoms. The van der Waals surface area contributed by atoms with E-state index in [2.05, 4.69) is 66.0 Å². The van der Waals surface area contributed by atoms with E-state index in [1.54, 1.807) is 0 Å². The van der Waals surface area contributed by atoms with Gasteiger partial charge in [-0.1, -0.05) is 111 Å². The van der Waals surface area contributed by atoms with Crippen molar-refractivity contribution in [3.05, 3.63) is 0 Å². The van der Waals surface area contributed by atoms with Gasteiger partial charge in [0, 0.05) is 0 Å². The lowest BCUT2D eigenvalue weighted by molar-refractivity contribution is 0.419. The molecule has 16 heavy (non-hydrogen) atoms. The first-order valence-corrected chi connectivity index (χ1v) is 9.12. The monoisotopic (exact) mass is 450 g/mol. The van der Waals surface area contributed by atoms with E-state index in [1.165, 1.54) is 57.8 Å². The molecule has 0 heterocycles. The molecule has 0 aliphatic heterocycles. The summed E-state index contributed by atoms with van der Waals surface area (Å²) in [6.45, 7) is 6.96. The van der Waals surface area contributed by atoms with Crippen molar-refractivity contribution < 1.29 is 0 Å². The summed E-state index contributed by atoms with van der Waals surface area (Å²) in [7, 11) is 0. The lowest BCUT2D eigenvalue weighted by Gasteiger charge is -2.29. The van der Waals surface area contributed by atoms with Gasteiger partial charge < -0.3 is 0 Å². The van der Waals surface area contributed by atoms with Gasteiger partial charge in [-0.2, -0.15) is 0 Å². The summed E-state index contributed by atoms with van der Waals surface area (Å²) in [6.07, 6.45) is 12.6. The van der Waals surface area contributed by atoms with Gasteiger partial charge in [0.15, 0.2) is 0 Å². The molecule has 2 heteroatoms. The van der Waals surface area contributed by atoms with Crippen LogP contribution >= 0.6 is 45.2 Å². The van der Waals surface area contributed by atoms with Crippen LogP contribution in [-0.2, 0) is 0 Å². The Kier molecular flexibility index (Phi) is 11.3. The molecular weight excluding hydrogens is 422 g/mol.